The predicted octanol–water partition coefficient (Wildman–Crippen LogP) is 3.04. The second-order valence-electron chi connectivity index (χ2n) is 4.68. The van der Waals surface area contributed by atoms with Crippen LogP contribution in [0.2, 0.25) is 0 Å². The Hall–Kier alpha value is -1.73. The first-order chi connectivity index (χ1) is 9.47. The fraction of sp³-hybridized carbons (Fsp3) is 0.308. The molecule has 0 saturated heterocycles. The summed E-state index contributed by atoms with van der Waals surface area (Å²) in [6, 6.07) is 7.12. The fourth-order valence-electron chi connectivity index (χ4n) is 1.74. The molecule has 0 saturated carbocycles. The molecule has 2 rings (SSSR count). The molecule has 0 atom stereocenters. The molecule has 1 aromatic carbocycles. The van der Waals surface area contributed by atoms with E-state index >= 15 is 0 Å². The minimum atomic E-state index is -0.409. The minimum Gasteiger partial charge on any atom is -0.309 e. The summed E-state index contributed by atoms with van der Waals surface area (Å²) in [5.74, 6) is 0. The lowest BCUT2D eigenvalue weighted by atomic mass is 10.3. The molecule has 0 fully saturated rings. The van der Waals surface area contributed by atoms with Crippen molar-refractivity contribution in [1.82, 2.24) is 15.1 Å². The van der Waals surface area contributed by atoms with Crippen molar-refractivity contribution in [3.8, 4) is 5.69 Å². The molecule has 0 aliphatic heterocycles. The van der Waals surface area contributed by atoms with Crippen molar-refractivity contribution in [2.45, 2.75) is 26.4 Å². The topological polar surface area (TPSA) is 73.0 Å². The highest BCUT2D eigenvalue weighted by atomic mass is 79.9. The van der Waals surface area contributed by atoms with E-state index in [2.05, 4.69) is 40.2 Å². The standard InChI is InChI=1S/C13H15BrN4O2/c1-9(2)15-8-11-5-6-17(16-11)12-4-3-10(14)7-13(12)18(19)20/h3-7,9,15H,8H2,1-2H3. The average Bonchev–Trinajstić information content (AvgIpc) is 2.84. The first-order valence-corrected chi connectivity index (χ1v) is 6.99. The van der Waals surface area contributed by atoms with Crippen LogP contribution < -0.4 is 5.32 Å². The minimum absolute atomic E-state index is 0.0193. The number of hydrogen-bond donors (Lipinski definition) is 1. The third-order valence-corrected chi connectivity index (χ3v) is 3.21. The van der Waals surface area contributed by atoms with Crippen LogP contribution >= 0.6 is 15.9 Å². The molecule has 7 heteroatoms. The van der Waals surface area contributed by atoms with Crippen LogP contribution in [0.15, 0.2) is 34.9 Å². The van der Waals surface area contributed by atoms with E-state index in [1.165, 1.54) is 10.7 Å². The number of rotatable bonds is 5. The molecule has 0 spiro atoms. The number of nitro benzene ring substituents is 1. The summed E-state index contributed by atoms with van der Waals surface area (Å²) in [6.07, 6.45) is 1.73. The van der Waals surface area contributed by atoms with Crippen molar-refractivity contribution >= 4 is 21.6 Å². The number of halogens is 1. The highest BCUT2D eigenvalue weighted by Gasteiger charge is 2.16. The highest BCUT2D eigenvalue weighted by Crippen LogP contribution is 2.26. The lowest BCUT2D eigenvalue weighted by Crippen LogP contribution is -2.22. The van der Waals surface area contributed by atoms with Gasteiger partial charge in [-0.2, -0.15) is 5.10 Å². The Balaban J connectivity index is 2.30. The SMILES string of the molecule is CC(C)NCc1ccn(-c2ccc(Br)cc2[N+](=O)[O-])n1. The summed E-state index contributed by atoms with van der Waals surface area (Å²) < 4.78 is 2.20. The lowest BCUT2D eigenvalue weighted by molar-refractivity contribution is -0.384. The Morgan fingerprint density at radius 3 is 2.85 bits per heavy atom. The molecule has 1 heterocycles. The third-order valence-electron chi connectivity index (χ3n) is 2.72. The van der Waals surface area contributed by atoms with E-state index in [9.17, 15) is 10.1 Å². The average molecular weight is 339 g/mol. The lowest BCUT2D eigenvalue weighted by Gasteiger charge is -2.06. The quantitative estimate of drug-likeness (QED) is 0.671. The zero-order valence-electron chi connectivity index (χ0n) is 11.2. The van der Waals surface area contributed by atoms with Crippen LogP contribution in [0.25, 0.3) is 5.69 Å². The molecule has 0 unspecified atom stereocenters. The number of benzene rings is 1. The van der Waals surface area contributed by atoms with Gasteiger partial charge in [0, 0.05) is 29.3 Å². The van der Waals surface area contributed by atoms with Crippen molar-refractivity contribution < 1.29 is 4.92 Å². The van der Waals surface area contributed by atoms with Gasteiger partial charge in [0.05, 0.1) is 10.6 Å². The molecule has 20 heavy (non-hydrogen) atoms. The summed E-state index contributed by atoms with van der Waals surface area (Å²) in [5, 5.41) is 18.7. The summed E-state index contributed by atoms with van der Waals surface area (Å²) in [4.78, 5) is 10.7. The molecule has 0 amide bonds. The monoisotopic (exact) mass is 338 g/mol. The maximum atomic E-state index is 11.1. The predicted molar refractivity (Wildman–Crippen MR) is 79.9 cm³/mol. The molecular weight excluding hydrogens is 324 g/mol. The van der Waals surface area contributed by atoms with Crippen LogP contribution in [-0.4, -0.2) is 20.7 Å². The number of nitrogens with zero attached hydrogens (tertiary/aromatic N) is 3. The highest BCUT2D eigenvalue weighted by molar-refractivity contribution is 9.10. The molecule has 0 radical (unpaired) electrons. The Bertz CT molecular complexity index is 625. The summed E-state index contributed by atoms with van der Waals surface area (Å²) in [7, 11) is 0. The summed E-state index contributed by atoms with van der Waals surface area (Å²) in [5.41, 5.74) is 1.32. The van der Waals surface area contributed by atoms with Gasteiger partial charge in [0.2, 0.25) is 0 Å². The van der Waals surface area contributed by atoms with Gasteiger partial charge in [0.25, 0.3) is 5.69 Å². The molecule has 1 N–H and O–H groups in total. The van der Waals surface area contributed by atoms with E-state index in [0.717, 1.165) is 5.69 Å². The molecule has 0 bridgehead atoms. The molecule has 106 valence electrons. The third kappa shape index (κ3) is 3.43. The normalized spacial score (nSPS) is 11.0. The smallest absolute Gasteiger partial charge is 0.295 e. The second kappa shape index (κ2) is 6.15. The van der Waals surface area contributed by atoms with Gasteiger partial charge < -0.3 is 5.32 Å². The van der Waals surface area contributed by atoms with Gasteiger partial charge in [-0.15, -0.1) is 0 Å². The van der Waals surface area contributed by atoms with Crippen LogP contribution in [-0.2, 0) is 6.54 Å². The molecule has 0 aliphatic rings. The van der Waals surface area contributed by atoms with Crippen molar-refractivity contribution in [2.75, 3.05) is 0 Å². The van der Waals surface area contributed by atoms with E-state index in [-0.39, 0.29) is 5.69 Å². The maximum absolute atomic E-state index is 11.1. The first-order valence-electron chi connectivity index (χ1n) is 6.19. The number of aromatic nitrogens is 2. The van der Waals surface area contributed by atoms with Crippen LogP contribution in [0.4, 0.5) is 5.69 Å². The van der Waals surface area contributed by atoms with Crippen LogP contribution in [0.3, 0.4) is 0 Å². The van der Waals surface area contributed by atoms with Gasteiger partial charge in [-0.1, -0.05) is 29.8 Å². The second-order valence-corrected chi connectivity index (χ2v) is 5.59. The van der Waals surface area contributed by atoms with Gasteiger partial charge >= 0.3 is 0 Å². The van der Waals surface area contributed by atoms with Crippen molar-refractivity contribution in [2.24, 2.45) is 0 Å². The van der Waals surface area contributed by atoms with Gasteiger partial charge in [-0.3, -0.25) is 10.1 Å². The zero-order chi connectivity index (χ0) is 14.7. The van der Waals surface area contributed by atoms with E-state index in [4.69, 9.17) is 0 Å². The number of nitro groups is 1. The van der Waals surface area contributed by atoms with Gasteiger partial charge in [0.1, 0.15) is 5.69 Å². The van der Waals surface area contributed by atoms with Crippen LogP contribution in [0, 0.1) is 10.1 Å². The Morgan fingerprint density at radius 2 is 2.20 bits per heavy atom. The maximum Gasteiger partial charge on any atom is 0.295 e. The Kier molecular flexibility index (Phi) is 4.51. The van der Waals surface area contributed by atoms with Gasteiger partial charge in [-0.25, -0.2) is 4.68 Å². The fourth-order valence-corrected chi connectivity index (χ4v) is 2.08. The van der Waals surface area contributed by atoms with Crippen LogP contribution in [0.1, 0.15) is 19.5 Å². The van der Waals surface area contributed by atoms with Gasteiger partial charge in [-0.05, 0) is 18.2 Å². The molecular formula is C13H15BrN4O2. The van der Waals surface area contributed by atoms with E-state index in [1.54, 1.807) is 18.3 Å². The van der Waals surface area contributed by atoms with E-state index < -0.39 is 4.92 Å². The van der Waals surface area contributed by atoms with E-state index in [1.807, 2.05) is 6.07 Å². The van der Waals surface area contributed by atoms with Crippen molar-refractivity contribution in [3.63, 3.8) is 0 Å². The largest absolute Gasteiger partial charge is 0.309 e. The zero-order valence-corrected chi connectivity index (χ0v) is 12.8. The molecule has 2 aromatic rings. The number of hydrogen-bond acceptors (Lipinski definition) is 4. The van der Waals surface area contributed by atoms with E-state index in [0.29, 0.717) is 22.7 Å². The van der Waals surface area contributed by atoms with Crippen molar-refractivity contribution in [3.05, 3.63) is 50.7 Å². The van der Waals surface area contributed by atoms with Crippen LogP contribution in [0.5, 0.6) is 0 Å². The summed E-state index contributed by atoms with van der Waals surface area (Å²) >= 11 is 3.24. The molecule has 0 aliphatic carbocycles. The first kappa shape index (κ1) is 14.7. The summed E-state index contributed by atoms with van der Waals surface area (Å²) in [6.45, 7) is 4.74. The van der Waals surface area contributed by atoms with Gasteiger partial charge in [0.15, 0.2) is 0 Å². The number of nitrogens with one attached hydrogen (secondary N) is 1. The Labute approximate surface area is 125 Å². The molecule has 1 aromatic heterocycles. The molecule has 6 nitrogen and oxygen atoms in total. The Morgan fingerprint density at radius 1 is 1.45 bits per heavy atom. The van der Waals surface area contributed by atoms with Crippen molar-refractivity contribution in [1.29, 1.82) is 0 Å².